The topological polar surface area (TPSA) is 37.3 Å². The Morgan fingerprint density at radius 1 is 1.25 bits per heavy atom. The second-order valence-electron chi connectivity index (χ2n) is 4.59. The van der Waals surface area contributed by atoms with Gasteiger partial charge in [0.25, 0.3) is 0 Å². The highest BCUT2D eigenvalue weighted by atomic mass is 35.5. The van der Waals surface area contributed by atoms with Gasteiger partial charge in [0.2, 0.25) is 0 Å². The smallest absolute Gasteiger partial charge is 0.187 e. The molecule has 0 fully saturated rings. The van der Waals surface area contributed by atoms with Crippen LogP contribution in [-0.2, 0) is 5.41 Å². The predicted octanol–water partition coefficient (Wildman–Crippen LogP) is 2.05. The Hall–Kier alpha value is -0.488. The number of phenolic OH excluding ortho intramolecular Hbond substituents is 1. The molecule has 0 spiro atoms. The first-order valence-electron chi connectivity index (χ1n) is 4.65. The van der Waals surface area contributed by atoms with Crippen LogP contribution in [0.25, 0.3) is 0 Å². The summed E-state index contributed by atoms with van der Waals surface area (Å²) in [6, 6.07) is 3.40. The average Bonchev–Trinajstić information content (AvgIpc) is 2.02. The van der Waals surface area contributed by atoms with Gasteiger partial charge in [-0.1, -0.05) is 20.8 Å². The summed E-state index contributed by atoms with van der Waals surface area (Å²) in [5.74, 6) is 0.264. The normalized spacial score (nSPS) is 10.0. The highest BCUT2D eigenvalue weighted by molar-refractivity contribution is 5.85. The van der Waals surface area contributed by atoms with E-state index >= 15 is 0 Å². The van der Waals surface area contributed by atoms with Gasteiger partial charge in [-0.05, 0) is 35.6 Å². The van der Waals surface area contributed by atoms with Gasteiger partial charge in [-0.3, -0.25) is 4.79 Å². The summed E-state index contributed by atoms with van der Waals surface area (Å²) < 4.78 is 0. The van der Waals surface area contributed by atoms with Gasteiger partial charge in [0, 0.05) is 5.56 Å². The predicted molar refractivity (Wildman–Crippen MR) is 74.1 cm³/mol. The van der Waals surface area contributed by atoms with Crippen molar-refractivity contribution < 1.29 is 9.90 Å². The second-order valence-corrected chi connectivity index (χ2v) is 4.59. The minimum atomic E-state index is -0.143. The first-order chi connectivity index (χ1) is 6.36. The maximum Gasteiger partial charge on any atom is 0.187 e. The molecule has 1 aromatic rings. The molecule has 0 aromatic heterocycles. The van der Waals surface area contributed by atoms with Gasteiger partial charge in [-0.2, -0.15) is 0 Å². The third-order valence-electron chi connectivity index (χ3n) is 2.32. The lowest BCUT2D eigenvalue weighted by Gasteiger charge is -2.21. The summed E-state index contributed by atoms with van der Waals surface area (Å²) >= 11 is 0. The molecular formula is C12H20AlClO2. The Balaban J connectivity index is 0. The van der Waals surface area contributed by atoms with E-state index in [1.807, 2.05) is 27.7 Å². The molecule has 0 aliphatic heterocycles. The van der Waals surface area contributed by atoms with Crippen molar-refractivity contribution in [3.8, 4) is 5.75 Å². The van der Waals surface area contributed by atoms with Crippen LogP contribution < -0.4 is 0 Å². The van der Waals surface area contributed by atoms with Crippen LogP contribution in [-0.4, -0.2) is 28.8 Å². The molecule has 4 heteroatoms. The standard InChI is InChI=1S/C12H16O2.Al.ClH.3H/c1-8-5-11(14)10(12(2,3)4)6-9(8)7-13;;;;;/h5-7,14H,1-4H3;;1H;;;. The van der Waals surface area contributed by atoms with Crippen LogP contribution in [0.15, 0.2) is 12.1 Å². The molecule has 16 heavy (non-hydrogen) atoms. The van der Waals surface area contributed by atoms with E-state index in [9.17, 15) is 9.90 Å². The summed E-state index contributed by atoms with van der Waals surface area (Å²) in [5.41, 5.74) is 2.12. The fraction of sp³-hybridized carbons (Fsp3) is 0.417. The summed E-state index contributed by atoms with van der Waals surface area (Å²) in [5, 5.41) is 9.73. The Morgan fingerprint density at radius 2 is 1.75 bits per heavy atom. The summed E-state index contributed by atoms with van der Waals surface area (Å²) in [6.07, 6.45) is 0.823. The van der Waals surface area contributed by atoms with Gasteiger partial charge >= 0.3 is 0 Å². The number of aldehydes is 1. The van der Waals surface area contributed by atoms with Gasteiger partial charge in [-0.15, -0.1) is 12.4 Å². The molecule has 1 aromatic carbocycles. The number of hydrogen-bond donors (Lipinski definition) is 1. The van der Waals surface area contributed by atoms with E-state index in [0.717, 1.165) is 17.4 Å². The molecule has 0 aliphatic carbocycles. The number of phenols is 1. The molecule has 0 atom stereocenters. The van der Waals surface area contributed by atoms with Gasteiger partial charge in [0.05, 0.1) is 0 Å². The maximum atomic E-state index is 10.7. The average molecular weight is 259 g/mol. The molecule has 2 nitrogen and oxygen atoms in total. The molecule has 0 amide bonds. The number of halogens is 1. The number of rotatable bonds is 1. The molecule has 1 N–H and O–H groups in total. The summed E-state index contributed by atoms with van der Waals surface area (Å²) in [7, 11) is 0. The molecule has 90 valence electrons. The lowest BCUT2D eigenvalue weighted by atomic mass is 9.84. The summed E-state index contributed by atoms with van der Waals surface area (Å²) in [4.78, 5) is 10.7. The molecule has 0 bridgehead atoms. The van der Waals surface area contributed by atoms with E-state index < -0.39 is 0 Å². The maximum absolute atomic E-state index is 10.7. The van der Waals surface area contributed by atoms with E-state index in [1.54, 1.807) is 12.1 Å². The van der Waals surface area contributed by atoms with Crippen molar-refractivity contribution in [2.24, 2.45) is 0 Å². The highest BCUT2D eigenvalue weighted by Gasteiger charge is 2.19. The number of hydrogen-bond acceptors (Lipinski definition) is 2. The number of benzene rings is 1. The highest BCUT2D eigenvalue weighted by Crippen LogP contribution is 2.32. The number of aromatic hydroxyl groups is 1. The first-order valence-corrected chi connectivity index (χ1v) is 4.65. The van der Waals surface area contributed by atoms with Crippen LogP contribution in [0.3, 0.4) is 0 Å². The monoisotopic (exact) mass is 258 g/mol. The van der Waals surface area contributed by atoms with Crippen LogP contribution in [0.5, 0.6) is 5.75 Å². The van der Waals surface area contributed by atoms with Crippen LogP contribution in [0.4, 0.5) is 0 Å². The molecule has 1 rings (SSSR count). The largest absolute Gasteiger partial charge is 0.508 e. The van der Waals surface area contributed by atoms with Gasteiger partial charge in [-0.25, -0.2) is 0 Å². The lowest BCUT2D eigenvalue weighted by Crippen LogP contribution is -2.12. The SMILES string of the molecule is Cc1cc(O)c(C(C)(C)C)cc1C=O.Cl.[AlH3]. The van der Waals surface area contributed by atoms with Gasteiger partial charge in [0.1, 0.15) is 12.0 Å². The van der Waals surface area contributed by atoms with Crippen LogP contribution in [0.2, 0.25) is 0 Å². The Kier molecular flexibility index (Phi) is 7.04. The van der Waals surface area contributed by atoms with Crippen LogP contribution in [0, 0.1) is 6.92 Å². The van der Waals surface area contributed by atoms with Crippen molar-refractivity contribution in [3.63, 3.8) is 0 Å². The molecule has 0 saturated heterocycles. The van der Waals surface area contributed by atoms with Gasteiger partial charge < -0.3 is 5.11 Å². The molecule has 0 saturated carbocycles. The molecule has 0 heterocycles. The Bertz CT molecular complexity index is 370. The van der Waals surface area contributed by atoms with Crippen LogP contribution in [0.1, 0.15) is 42.3 Å². The lowest BCUT2D eigenvalue weighted by molar-refractivity contribution is 0.112. The van der Waals surface area contributed by atoms with E-state index in [4.69, 9.17) is 0 Å². The summed E-state index contributed by atoms with van der Waals surface area (Å²) in [6.45, 7) is 7.83. The van der Waals surface area contributed by atoms with Crippen molar-refractivity contribution in [1.29, 1.82) is 0 Å². The zero-order valence-electron chi connectivity index (χ0n) is 9.50. The number of carbonyl (C=O) groups is 1. The molecule has 0 radical (unpaired) electrons. The van der Waals surface area contributed by atoms with E-state index in [1.165, 1.54) is 0 Å². The van der Waals surface area contributed by atoms with Crippen LogP contribution >= 0.6 is 12.4 Å². The fourth-order valence-corrected chi connectivity index (χ4v) is 1.44. The molecule has 0 aliphatic rings. The van der Waals surface area contributed by atoms with E-state index in [0.29, 0.717) is 5.56 Å². The van der Waals surface area contributed by atoms with Crippen molar-refractivity contribution in [3.05, 3.63) is 28.8 Å². The van der Waals surface area contributed by atoms with E-state index in [2.05, 4.69) is 0 Å². The number of aryl methyl sites for hydroxylation is 1. The quantitative estimate of drug-likeness (QED) is 0.618. The van der Waals surface area contributed by atoms with Gasteiger partial charge in [0.15, 0.2) is 17.4 Å². The second kappa shape index (κ2) is 6.30. The van der Waals surface area contributed by atoms with E-state index in [-0.39, 0.29) is 40.9 Å². The minimum Gasteiger partial charge on any atom is -0.508 e. The van der Waals surface area contributed by atoms with Crippen molar-refractivity contribution in [1.82, 2.24) is 0 Å². The Morgan fingerprint density at radius 3 is 2.12 bits per heavy atom. The Labute approximate surface area is 114 Å². The molecular weight excluding hydrogens is 239 g/mol. The molecule has 0 unspecified atom stereocenters. The third-order valence-corrected chi connectivity index (χ3v) is 2.32. The zero-order chi connectivity index (χ0) is 10.9. The number of carbonyl (C=O) groups excluding carboxylic acids is 1. The first kappa shape index (κ1) is 17.9. The fourth-order valence-electron chi connectivity index (χ4n) is 1.44. The zero-order valence-corrected chi connectivity index (χ0v) is 10.3. The third kappa shape index (κ3) is 3.83. The van der Waals surface area contributed by atoms with Crippen molar-refractivity contribution >= 4 is 36.1 Å². The van der Waals surface area contributed by atoms with Crippen molar-refractivity contribution in [2.75, 3.05) is 0 Å². The van der Waals surface area contributed by atoms with Crippen molar-refractivity contribution in [2.45, 2.75) is 33.1 Å². The minimum absolute atomic E-state index is 0.